The predicted molar refractivity (Wildman–Crippen MR) is 82.5 cm³/mol. The Bertz CT molecular complexity index is 575. The molecule has 0 spiro atoms. The minimum Gasteiger partial charge on any atom is -0.598 e. The van der Waals surface area contributed by atoms with Gasteiger partial charge in [0.2, 0.25) is 0 Å². The van der Waals surface area contributed by atoms with Crippen LogP contribution in [0, 0.1) is 0 Å². The number of hydrogen-bond acceptors (Lipinski definition) is 3. The first-order valence-electron chi connectivity index (χ1n) is 6.59. The Morgan fingerprint density at radius 2 is 1.96 bits per heavy atom. The van der Waals surface area contributed by atoms with Crippen molar-refractivity contribution in [3.63, 3.8) is 0 Å². The van der Waals surface area contributed by atoms with Crippen LogP contribution < -0.4 is 4.72 Å². The third-order valence-corrected chi connectivity index (χ3v) is 4.84. The number of benzene rings is 1. The molecule has 4 nitrogen and oxygen atoms in total. The van der Waals surface area contributed by atoms with E-state index in [1.165, 1.54) is 0 Å². The zero-order chi connectivity index (χ0) is 18.0. The van der Waals surface area contributed by atoms with Gasteiger partial charge >= 0.3 is 12.1 Å². The van der Waals surface area contributed by atoms with Gasteiger partial charge in [-0.2, -0.15) is 13.2 Å². The summed E-state index contributed by atoms with van der Waals surface area (Å²) >= 11 is 4.25. The third-order valence-electron chi connectivity index (χ3n) is 2.88. The summed E-state index contributed by atoms with van der Waals surface area (Å²) in [7, 11) is 0. The Morgan fingerprint density at radius 3 is 2.39 bits per heavy atom. The van der Waals surface area contributed by atoms with Gasteiger partial charge in [0.25, 0.3) is 0 Å². The molecule has 130 valence electrons. The first-order valence-corrected chi connectivity index (χ1v) is 8.11. The lowest BCUT2D eigenvalue weighted by atomic mass is 10.0. The number of carboxylic acid groups (broad SMARTS) is 1. The fourth-order valence-electron chi connectivity index (χ4n) is 1.68. The summed E-state index contributed by atoms with van der Waals surface area (Å²) in [5.41, 5.74) is -1.00. The van der Waals surface area contributed by atoms with E-state index in [1.54, 1.807) is 20.8 Å². The van der Waals surface area contributed by atoms with E-state index >= 15 is 0 Å². The summed E-state index contributed by atoms with van der Waals surface area (Å²) < 4.78 is 52.5. The minimum absolute atomic E-state index is 0.0253. The number of aliphatic carboxylic acids is 1. The second kappa shape index (κ2) is 7.29. The van der Waals surface area contributed by atoms with E-state index in [-0.39, 0.29) is 10.6 Å². The zero-order valence-corrected chi connectivity index (χ0v) is 14.3. The fraction of sp³-hybridized carbons (Fsp3) is 0.500. The van der Waals surface area contributed by atoms with Crippen LogP contribution in [0.5, 0.6) is 0 Å². The van der Waals surface area contributed by atoms with Crippen molar-refractivity contribution < 1.29 is 27.6 Å². The normalized spacial score (nSPS) is 15.3. The maximum absolute atomic E-state index is 12.8. The van der Waals surface area contributed by atoms with Gasteiger partial charge < -0.3 is 9.66 Å². The summed E-state index contributed by atoms with van der Waals surface area (Å²) in [6, 6.07) is 1.53. The molecule has 9 heteroatoms. The molecule has 0 aromatic heterocycles. The van der Waals surface area contributed by atoms with Gasteiger partial charge in [-0.15, -0.1) is 4.72 Å². The van der Waals surface area contributed by atoms with E-state index in [2.05, 4.69) is 4.72 Å². The van der Waals surface area contributed by atoms with Crippen LogP contribution >= 0.6 is 11.6 Å². The molecule has 2 N–H and O–H groups in total. The Kier molecular flexibility index (Phi) is 6.37. The van der Waals surface area contributed by atoms with Crippen LogP contribution in [0.25, 0.3) is 0 Å². The summed E-state index contributed by atoms with van der Waals surface area (Å²) in [5, 5.41) is 8.95. The maximum atomic E-state index is 12.8. The fourth-order valence-corrected chi connectivity index (χ4v) is 2.75. The molecule has 0 aliphatic heterocycles. The highest BCUT2D eigenvalue weighted by atomic mass is 35.5. The lowest BCUT2D eigenvalue weighted by Gasteiger charge is -2.28. The summed E-state index contributed by atoms with van der Waals surface area (Å²) in [6.07, 6.45) is -5.14. The molecule has 0 radical (unpaired) electrons. The quantitative estimate of drug-likeness (QED) is 0.769. The molecule has 23 heavy (non-hydrogen) atoms. The van der Waals surface area contributed by atoms with Crippen molar-refractivity contribution in [1.29, 1.82) is 0 Å². The second-order valence-electron chi connectivity index (χ2n) is 5.88. The van der Waals surface area contributed by atoms with Gasteiger partial charge in [0.1, 0.15) is 4.75 Å². The number of carbonyl (C=O) groups is 1. The van der Waals surface area contributed by atoms with Crippen molar-refractivity contribution in [2.75, 3.05) is 0 Å². The molecule has 0 fully saturated rings. The molecule has 1 aromatic carbocycles. The van der Waals surface area contributed by atoms with E-state index in [9.17, 15) is 22.5 Å². The number of hydrogen-bond donors (Lipinski definition) is 2. The lowest BCUT2D eigenvalue weighted by Crippen LogP contribution is -2.42. The van der Waals surface area contributed by atoms with Crippen LogP contribution in [0.2, 0.25) is 5.02 Å². The van der Waals surface area contributed by atoms with E-state index in [1.807, 2.05) is 0 Å². The van der Waals surface area contributed by atoms with Crippen LogP contribution in [-0.2, 0) is 22.3 Å². The van der Waals surface area contributed by atoms with Crippen molar-refractivity contribution >= 4 is 28.9 Å². The molecule has 0 bridgehead atoms. The average Bonchev–Trinajstić information content (AvgIpc) is 2.35. The van der Waals surface area contributed by atoms with Gasteiger partial charge in [-0.1, -0.05) is 11.6 Å². The largest absolute Gasteiger partial charge is 0.598 e. The molecule has 0 saturated carbocycles. The standard InChI is InChI=1S/C14H17ClF3NO3S/c1-13(2,3)23(22)19-11(7-12(20)21)9-6-8(14(16,17)18)4-5-10(9)15/h4-6,11,19H,7H2,1-3H3,(H,20,21)/t11-,23+/m0/s1. The number of alkyl halides is 3. The van der Waals surface area contributed by atoms with Crippen molar-refractivity contribution in [2.45, 2.75) is 44.2 Å². The van der Waals surface area contributed by atoms with Gasteiger partial charge in [0, 0.05) is 16.4 Å². The predicted octanol–water partition coefficient (Wildman–Crippen LogP) is 3.93. The molecule has 0 saturated heterocycles. The molecule has 0 amide bonds. The summed E-state index contributed by atoms with van der Waals surface area (Å²) in [4.78, 5) is 11.0. The molecule has 2 atom stereocenters. The first kappa shape index (κ1) is 20.1. The van der Waals surface area contributed by atoms with Crippen LogP contribution in [0.15, 0.2) is 18.2 Å². The Hall–Kier alpha value is -0.960. The Labute approximate surface area is 140 Å². The third kappa shape index (κ3) is 5.87. The van der Waals surface area contributed by atoms with Gasteiger partial charge in [-0.3, -0.25) is 4.79 Å². The maximum Gasteiger partial charge on any atom is 0.416 e. The number of nitrogens with one attached hydrogen (secondary N) is 1. The Balaban J connectivity index is 3.24. The SMILES string of the molecule is CC(C)(C)[S@@+]([O-])N[C@@H](CC(=O)O)c1cc(C(F)(F)F)ccc1Cl. The number of rotatable bonds is 5. The van der Waals surface area contributed by atoms with Crippen molar-refractivity contribution in [2.24, 2.45) is 0 Å². The molecule has 0 aliphatic rings. The van der Waals surface area contributed by atoms with E-state index < -0.39 is 46.3 Å². The summed E-state index contributed by atoms with van der Waals surface area (Å²) in [5.74, 6) is -1.25. The zero-order valence-electron chi connectivity index (χ0n) is 12.7. The monoisotopic (exact) mass is 371 g/mol. The number of carboxylic acids is 1. The Morgan fingerprint density at radius 1 is 1.39 bits per heavy atom. The molecule has 1 aromatic rings. The minimum atomic E-state index is -4.59. The van der Waals surface area contributed by atoms with Crippen LogP contribution in [0.3, 0.4) is 0 Å². The van der Waals surface area contributed by atoms with Crippen molar-refractivity contribution in [3.05, 3.63) is 34.3 Å². The molecule has 0 heterocycles. The molecular formula is C14H17ClF3NO3S. The molecule has 1 rings (SSSR count). The first-order chi connectivity index (χ1) is 10.3. The lowest BCUT2D eigenvalue weighted by molar-refractivity contribution is -0.138. The van der Waals surface area contributed by atoms with Gasteiger partial charge in [0.05, 0.1) is 18.0 Å². The highest BCUT2D eigenvalue weighted by Crippen LogP contribution is 2.35. The summed E-state index contributed by atoms with van der Waals surface area (Å²) in [6.45, 7) is 4.96. The van der Waals surface area contributed by atoms with Gasteiger partial charge in [-0.05, 0) is 44.5 Å². The topological polar surface area (TPSA) is 72.4 Å². The van der Waals surface area contributed by atoms with Gasteiger partial charge in [0.15, 0.2) is 0 Å². The molecule has 0 aliphatic carbocycles. The van der Waals surface area contributed by atoms with Gasteiger partial charge in [-0.25, -0.2) is 0 Å². The van der Waals surface area contributed by atoms with Crippen molar-refractivity contribution in [1.82, 2.24) is 4.72 Å². The highest BCUT2D eigenvalue weighted by molar-refractivity contribution is 7.90. The van der Waals surface area contributed by atoms with Crippen LogP contribution in [0.4, 0.5) is 13.2 Å². The van der Waals surface area contributed by atoms with E-state index in [0.29, 0.717) is 0 Å². The highest BCUT2D eigenvalue weighted by Gasteiger charge is 2.35. The number of halogens is 4. The smallest absolute Gasteiger partial charge is 0.416 e. The molecular weight excluding hydrogens is 355 g/mol. The average molecular weight is 372 g/mol. The second-order valence-corrected chi connectivity index (χ2v) is 8.29. The van der Waals surface area contributed by atoms with E-state index in [4.69, 9.17) is 16.7 Å². The molecule has 0 unspecified atom stereocenters. The van der Waals surface area contributed by atoms with E-state index in [0.717, 1.165) is 18.2 Å². The van der Waals surface area contributed by atoms with Crippen LogP contribution in [-0.4, -0.2) is 20.4 Å². The van der Waals surface area contributed by atoms with Crippen LogP contribution in [0.1, 0.15) is 44.4 Å². The van der Waals surface area contributed by atoms with Crippen molar-refractivity contribution in [3.8, 4) is 0 Å².